The predicted molar refractivity (Wildman–Crippen MR) is 155 cm³/mol. The molecule has 5 rings (SSSR count). The van der Waals surface area contributed by atoms with Crippen LogP contribution in [0.5, 0.6) is 0 Å². The fourth-order valence-corrected chi connectivity index (χ4v) is 5.52. The summed E-state index contributed by atoms with van der Waals surface area (Å²) >= 11 is 0. The van der Waals surface area contributed by atoms with E-state index in [4.69, 9.17) is 4.74 Å². The van der Waals surface area contributed by atoms with Gasteiger partial charge in [0.1, 0.15) is 0 Å². The molecule has 1 unspecified atom stereocenters. The number of benzene rings is 1. The van der Waals surface area contributed by atoms with Crippen molar-refractivity contribution in [2.75, 3.05) is 49.1 Å². The maximum atomic E-state index is 15.5. The lowest BCUT2D eigenvalue weighted by atomic mass is 9.92. The summed E-state index contributed by atoms with van der Waals surface area (Å²) in [5.74, 6) is -0.355. The number of nitrogens with one attached hydrogen (secondary N) is 1. The van der Waals surface area contributed by atoms with Gasteiger partial charge in [-0.1, -0.05) is 31.2 Å². The van der Waals surface area contributed by atoms with Gasteiger partial charge in [0, 0.05) is 44.5 Å². The second kappa shape index (κ2) is 12.5. The highest BCUT2D eigenvalue weighted by molar-refractivity contribution is 5.94. The number of pyridine rings is 1. The molecule has 0 bridgehead atoms. The summed E-state index contributed by atoms with van der Waals surface area (Å²) in [6.07, 6.45) is 10.8. The summed E-state index contributed by atoms with van der Waals surface area (Å²) in [4.78, 5) is 21.5. The zero-order chi connectivity index (χ0) is 28.1. The summed E-state index contributed by atoms with van der Waals surface area (Å²) in [6, 6.07) is 9.51. The number of amides is 1. The Morgan fingerprint density at radius 2 is 2.10 bits per heavy atom. The highest BCUT2D eigenvalue weighted by atomic mass is 19.1. The number of carbonyl (C=O) groups excluding carboxylic acids is 1. The second-order valence-corrected chi connectivity index (χ2v) is 10.4. The molecule has 0 aliphatic carbocycles. The number of hydrogen-bond donors (Lipinski definition) is 1. The number of carbonyl (C=O) groups is 1. The average molecular weight is 542 g/mol. The Hall–Kier alpha value is -3.96. The molecule has 0 radical (unpaired) electrons. The maximum absolute atomic E-state index is 15.5. The average Bonchev–Trinajstić information content (AvgIpc) is 2.95. The van der Waals surface area contributed by atoms with Gasteiger partial charge in [-0.2, -0.15) is 5.26 Å². The fraction of sp³-hybridized carbons (Fsp3) is 0.406. The van der Waals surface area contributed by atoms with Crippen LogP contribution >= 0.6 is 0 Å². The quantitative estimate of drug-likeness (QED) is 0.504. The summed E-state index contributed by atoms with van der Waals surface area (Å²) in [6.45, 7) is 8.28. The number of ether oxygens (including phenoxy) is 1. The Morgan fingerprint density at radius 1 is 1.25 bits per heavy atom. The second-order valence-electron chi connectivity index (χ2n) is 10.4. The minimum atomic E-state index is -0.363. The number of nitriles is 1. The van der Waals surface area contributed by atoms with Gasteiger partial charge in [-0.25, -0.2) is 9.37 Å². The predicted octanol–water partition coefficient (Wildman–Crippen LogP) is 5.42. The number of nitrogens with zero attached hydrogens (tertiary/aromatic N) is 4. The number of aromatic nitrogens is 1. The van der Waals surface area contributed by atoms with Crippen LogP contribution in [0.4, 0.5) is 15.9 Å². The van der Waals surface area contributed by atoms with Gasteiger partial charge in [0.25, 0.3) is 5.91 Å². The molecule has 3 aliphatic heterocycles. The minimum Gasteiger partial charge on any atom is -0.375 e. The van der Waals surface area contributed by atoms with Crippen LogP contribution in [0.1, 0.15) is 60.5 Å². The van der Waals surface area contributed by atoms with Crippen molar-refractivity contribution in [1.29, 1.82) is 5.26 Å². The molecule has 208 valence electrons. The van der Waals surface area contributed by atoms with Gasteiger partial charge in [0.05, 0.1) is 30.9 Å². The molecule has 0 spiro atoms. The van der Waals surface area contributed by atoms with Gasteiger partial charge in [0.15, 0.2) is 11.6 Å². The number of halogens is 1. The topological polar surface area (TPSA) is 81.5 Å². The Labute approximate surface area is 235 Å². The largest absolute Gasteiger partial charge is 0.375 e. The Balaban J connectivity index is 1.32. The van der Waals surface area contributed by atoms with Crippen molar-refractivity contribution in [2.24, 2.45) is 0 Å². The summed E-state index contributed by atoms with van der Waals surface area (Å²) in [5, 5.41) is 12.5. The molecule has 1 aromatic heterocycles. The van der Waals surface area contributed by atoms with Crippen LogP contribution in [0.25, 0.3) is 0 Å². The molecule has 2 saturated heterocycles. The van der Waals surface area contributed by atoms with Crippen LogP contribution in [0.2, 0.25) is 0 Å². The third kappa shape index (κ3) is 5.80. The van der Waals surface area contributed by atoms with E-state index in [-0.39, 0.29) is 17.6 Å². The molecule has 2 fully saturated rings. The Kier molecular flexibility index (Phi) is 8.61. The third-order valence-electron chi connectivity index (χ3n) is 7.88. The number of allylic oxidation sites excluding steroid dienone is 2. The molecule has 1 amide bonds. The lowest BCUT2D eigenvalue weighted by Crippen LogP contribution is -2.39. The molecule has 40 heavy (non-hydrogen) atoms. The van der Waals surface area contributed by atoms with E-state index >= 15 is 4.39 Å². The SMILES string of the molecule is C/C=C1/CCN(c2ccnc(N3CCC3)c2F)C/C1=C/C(=C/CC)CNC(=O)c1ccc2c(c1)C(C#N)COC2. The van der Waals surface area contributed by atoms with Gasteiger partial charge >= 0.3 is 0 Å². The molecule has 7 nitrogen and oxygen atoms in total. The first-order valence-electron chi connectivity index (χ1n) is 14.1. The van der Waals surface area contributed by atoms with Crippen LogP contribution in [0.15, 0.2) is 65.4 Å². The Bertz CT molecular complexity index is 1400. The Morgan fingerprint density at radius 3 is 2.83 bits per heavy atom. The van der Waals surface area contributed by atoms with E-state index in [0.717, 1.165) is 61.2 Å². The van der Waals surface area contributed by atoms with E-state index in [2.05, 4.69) is 46.4 Å². The molecule has 2 aromatic rings. The van der Waals surface area contributed by atoms with Crippen LogP contribution in [-0.4, -0.2) is 50.2 Å². The lowest BCUT2D eigenvalue weighted by molar-refractivity contribution is 0.0952. The fourth-order valence-electron chi connectivity index (χ4n) is 5.52. The molecule has 4 heterocycles. The first kappa shape index (κ1) is 27.6. The van der Waals surface area contributed by atoms with E-state index in [1.54, 1.807) is 18.3 Å². The first-order chi connectivity index (χ1) is 19.5. The van der Waals surface area contributed by atoms with Gasteiger partial charge < -0.3 is 19.9 Å². The molecular weight excluding hydrogens is 505 g/mol. The molecule has 8 heteroatoms. The number of fused-ring (bicyclic) bond motifs is 1. The molecule has 3 aliphatic rings. The van der Waals surface area contributed by atoms with Crippen molar-refractivity contribution >= 4 is 17.4 Å². The van der Waals surface area contributed by atoms with Crippen molar-refractivity contribution in [1.82, 2.24) is 10.3 Å². The molecule has 1 N–H and O–H groups in total. The zero-order valence-corrected chi connectivity index (χ0v) is 23.3. The van der Waals surface area contributed by atoms with E-state index in [9.17, 15) is 10.1 Å². The van der Waals surface area contributed by atoms with E-state index in [1.807, 2.05) is 24.0 Å². The normalized spacial score (nSPS) is 21.1. The van der Waals surface area contributed by atoms with E-state index in [0.29, 0.717) is 43.4 Å². The maximum Gasteiger partial charge on any atom is 0.251 e. The zero-order valence-electron chi connectivity index (χ0n) is 23.3. The van der Waals surface area contributed by atoms with Crippen molar-refractivity contribution in [3.8, 4) is 6.07 Å². The smallest absolute Gasteiger partial charge is 0.251 e. The highest BCUT2D eigenvalue weighted by Gasteiger charge is 2.26. The van der Waals surface area contributed by atoms with Crippen LogP contribution < -0.4 is 15.1 Å². The standard InChI is InChI=1S/C32H36FN5O2/c1-3-6-22(18-36-32(39)24-7-8-25-20-40-21-27(17-34)28(25)16-24)15-26-19-38(14-10-23(26)4-2)29-9-11-35-31(30(29)33)37-12-5-13-37/h4,6-9,11,15-16,27H,3,5,10,12-14,18-21H2,1-2H3,(H,36,39)/b22-6-,23-4-,26-15-. The van der Waals surface area contributed by atoms with Gasteiger partial charge in [-0.3, -0.25) is 4.79 Å². The third-order valence-corrected chi connectivity index (χ3v) is 7.88. The lowest BCUT2D eigenvalue weighted by Gasteiger charge is -2.36. The van der Waals surface area contributed by atoms with Gasteiger partial charge in [-0.15, -0.1) is 0 Å². The van der Waals surface area contributed by atoms with Crippen molar-refractivity contribution in [2.45, 2.75) is 45.6 Å². The minimum absolute atomic E-state index is 0.180. The van der Waals surface area contributed by atoms with Crippen molar-refractivity contribution in [3.05, 3.63) is 87.9 Å². The number of hydrogen-bond acceptors (Lipinski definition) is 6. The molecule has 1 atom stereocenters. The molecule has 0 saturated carbocycles. The summed E-state index contributed by atoms with van der Waals surface area (Å²) < 4.78 is 21.0. The van der Waals surface area contributed by atoms with Crippen LogP contribution in [0.3, 0.4) is 0 Å². The first-order valence-corrected chi connectivity index (χ1v) is 14.1. The van der Waals surface area contributed by atoms with Gasteiger partial charge in [-0.05, 0) is 72.2 Å². The van der Waals surface area contributed by atoms with Crippen LogP contribution in [0, 0.1) is 17.1 Å². The van der Waals surface area contributed by atoms with E-state index < -0.39 is 0 Å². The number of rotatable bonds is 7. The number of anilines is 2. The molecular formula is C32H36FN5O2. The van der Waals surface area contributed by atoms with Crippen LogP contribution in [-0.2, 0) is 11.3 Å². The van der Waals surface area contributed by atoms with E-state index in [1.165, 1.54) is 5.57 Å². The summed E-state index contributed by atoms with van der Waals surface area (Å²) in [5.41, 5.74) is 6.30. The van der Waals surface area contributed by atoms with Crippen molar-refractivity contribution in [3.63, 3.8) is 0 Å². The monoisotopic (exact) mass is 541 g/mol. The van der Waals surface area contributed by atoms with Crippen molar-refractivity contribution < 1.29 is 13.9 Å². The number of piperidine rings is 1. The van der Waals surface area contributed by atoms with Gasteiger partial charge in [0.2, 0.25) is 0 Å². The summed E-state index contributed by atoms with van der Waals surface area (Å²) in [7, 11) is 0. The highest BCUT2D eigenvalue weighted by Crippen LogP contribution is 2.33. The molecule has 1 aromatic carbocycles.